The summed E-state index contributed by atoms with van der Waals surface area (Å²) in [5.74, 6) is -0.688. The molecule has 0 atom stereocenters. The van der Waals surface area contributed by atoms with Crippen molar-refractivity contribution in [2.75, 3.05) is 0 Å². The Balaban J connectivity index is 2.50. The topological polar surface area (TPSA) is 52.4 Å². The Morgan fingerprint density at radius 2 is 1.83 bits per heavy atom. The zero-order valence-corrected chi connectivity index (χ0v) is 10.6. The summed E-state index contributed by atoms with van der Waals surface area (Å²) in [6, 6.07) is 10.8. The number of halogens is 2. The van der Waals surface area contributed by atoms with Crippen LogP contribution in [0.25, 0.3) is 0 Å². The minimum atomic E-state index is -0.936. The minimum absolute atomic E-state index is 0.147. The molecule has 0 saturated carbocycles. The van der Waals surface area contributed by atoms with Gasteiger partial charge in [-0.05, 0) is 40.2 Å². The summed E-state index contributed by atoms with van der Waals surface area (Å²) in [5, 5.41) is 10.8. The third-order valence-corrected chi connectivity index (χ3v) is 2.80. The molecule has 0 spiro atoms. The van der Waals surface area contributed by atoms with Gasteiger partial charge in [0.05, 0.1) is 9.40 Å². The Kier molecular flexibility index (Phi) is 3.57. The van der Waals surface area contributed by atoms with E-state index in [1.54, 1.807) is 30.3 Å². The maximum Gasteiger partial charge on any atom is 0.348 e. The molecule has 0 fully saturated rings. The molecule has 0 aromatic heterocycles. The highest BCUT2D eigenvalue weighted by Gasteiger charge is 2.24. The van der Waals surface area contributed by atoms with Gasteiger partial charge in [0.15, 0.2) is 0 Å². The number of hydrogen-bond donors (Lipinski definition) is 0. The number of nitro groups is 1. The first-order valence-electron chi connectivity index (χ1n) is 4.95. The van der Waals surface area contributed by atoms with Crippen LogP contribution >= 0.6 is 15.9 Å². The van der Waals surface area contributed by atoms with Gasteiger partial charge in [0.1, 0.15) is 5.75 Å². The first-order valence-corrected chi connectivity index (χ1v) is 5.74. The van der Waals surface area contributed by atoms with Gasteiger partial charge in [-0.25, -0.2) is 0 Å². The summed E-state index contributed by atoms with van der Waals surface area (Å²) in [7, 11) is 0. The Labute approximate surface area is 110 Å². The molecule has 0 radical (unpaired) electrons. The average molecular weight is 312 g/mol. The number of hydrogen-bond acceptors (Lipinski definition) is 3. The zero-order valence-electron chi connectivity index (χ0n) is 8.97. The van der Waals surface area contributed by atoms with Crippen molar-refractivity contribution in [3.63, 3.8) is 0 Å². The van der Waals surface area contributed by atoms with E-state index in [0.717, 1.165) is 6.07 Å². The molecule has 18 heavy (non-hydrogen) atoms. The van der Waals surface area contributed by atoms with Crippen molar-refractivity contribution < 1.29 is 14.1 Å². The Morgan fingerprint density at radius 1 is 1.17 bits per heavy atom. The minimum Gasteiger partial charge on any atom is -0.449 e. The number of para-hydroxylation sites is 1. The summed E-state index contributed by atoms with van der Waals surface area (Å²) in [6.45, 7) is 0. The summed E-state index contributed by atoms with van der Waals surface area (Å²) < 4.78 is 19.1. The highest BCUT2D eigenvalue weighted by atomic mass is 79.9. The lowest BCUT2D eigenvalue weighted by Crippen LogP contribution is -1.97. The van der Waals surface area contributed by atoms with Crippen LogP contribution in [0, 0.1) is 15.9 Å². The molecule has 0 unspecified atom stereocenters. The number of benzene rings is 2. The van der Waals surface area contributed by atoms with Crippen LogP contribution < -0.4 is 4.74 Å². The fraction of sp³-hybridized carbons (Fsp3) is 0. The smallest absolute Gasteiger partial charge is 0.348 e. The number of rotatable bonds is 3. The highest BCUT2D eigenvalue weighted by molar-refractivity contribution is 9.10. The van der Waals surface area contributed by atoms with Gasteiger partial charge < -0.3 is 4.74 Å². The monoisotopic (exact) mass is 311 g/mol. The number of nitro benzene ring substituents is 1. The zero-order chi connectivity index (χ0) is 13.1. The predicted molar refractivity (Wildman–Crippen MR) is 67.3 cm³/mol. The van der Waals surface area contributed by atoms with Crippen molar-refractivity contribution in [1.29, 1.82) is 0 Å². The molecule has 0 aliphatic rings. The predicted octanol–water partition coefficient (Wildman–Crippen LogP) is 4.29. The second-order valence-corrected chi connectivity index (χ2v) is 4.23. The third-order valence-electron chi connectivity index (χ3n) is 2.18. The molecule has 0 aliphatic carbocycles. The molecule has 0 N–H and O–H groups in total. The summed E-state index contributed by atoms with van der Waals surface area (Å²) >= 11 is 3.11. The van der Waals surface area contributed by atoms with Crippen LogP contribution in [0.5, 0.6) is 11.5 Å². The van der Waals surface area contributed by atoms with E-state index in [1.165, 1.54) is 6.07 Å². The van der Waals surface area contributed by atoms with E-state index in [2.05, 4.69) is 15.9 Å². The lowest BCUT2D eigenvalue weighted by molar-refractivity contribution is -0.388. The molecule has 92 valence electrons. The van der Waals surface area contributed by atoms with Crippen molar-refractivity contribution in [3.05, 3.63) is 62.9 Å². The first-order chi connectivity index (χ1) is 8.59. The van der Waals surface area contributed by atoms with E-state index in [1.807, 2.05) is 0 Å². The van der Waals surface area contributed by atoms with Gasteiger partial charge in [-0.3, -0.25) is 10.1 Å². The molecule has 0 amide bonds. The lowest BCUT2D eigenvalue weighted by Gasteiger charge is -2.08. The SMILES string of the molecule is O=[N+]([O-])c1c(F)ccc(Br)c1Oc1ccccc1. The molecule has 0 bridgehead atoms. The molecule has 2 aromatic carbocycles. The van der Waals surface area contributed by atoms with Gasteiger partial charge in [0.2, 0.25) is 11.6 Å². The first kappa shape index (κ1) is 12.5. The van der Waals surface area contributed by atoms with Crippen LogP contribution in [0.1, 0.15) is 0 Å². The lowest BCUT2D eigenvalue weighted by atomic mass is 10.3. The fourth-order valence-electron chi connectivity index (χ4n) is 1.40. The van der Waals surface area contributed by atoms with Crippen LogP contribution in [-0.2, 0) is 0 Å². The molecule has 0 aliphatic heterocycles. The normalized spacial score (nSPS) is 10.1. The van der Waals surface area contributed by atoms with E-state index in [9.17, 15) is 14.5 Å². The van der Waals surface area contributed by atoms with Gasteiger partial charge in [-0.2, -0.15) is 4.39 Å². The quantitative estimate of drug-likeness (QED) is 0.627. The van der Waals surface area contributed by atoms with Crippen molar-refractivity contribution in [1.82, 2.24) is 0 Å². The third kappa shape index (κ3) is 2.48. The Hall–Kier alpha value is -1.95. The second-order valence-electron chi connectivity index (χ2n) is 3.38. The second kappa shape index (κ2) is 5.14. The van der Waals surface area contributed by atoms with Crippen molar-refractivity contribution >= 4 is 21.6 Å². The fourth-order valence-corrected chi connectivity index (χ4v) is 1.80. The van der Waals surface area contributed by atoms with Crippen molar-refractivity contribution in [2.24, 2.45) is 0 Å². The van der Waals surface area contributed by atoms with Crippen LogP contribution in [0.4, 0.5) is 10.1 Å². The standard InChI is InChI=1S/C12H7BrFNO3/c13-9-6-7-10(14)11(15(16)17)12(9)18-8-4-2-1-3-5-8/h1-7H. The van der Waals surface area contributed by atoms with Crippen LogP contribution in [-0.4, -0.2) is 4.92 Å². The van der Waals surface area contributed by atoms with E-state index in [-0.39, 0.29) is 5.75 Å². The maximum absolute atomic E-state index is 13.4. The molecular formula is C12H7BrFNO3. The van der Waals surface area contributed by atoms with Crippen molar-refractivity contribution in [2.45, 2.75) is 0 Å². The van der Waals surface area contributed by atoms with Gasteiger partial charge >= 0.3 is 5.69 Å². The van der Waals surface area contributed by atoms with E-state index < -0.39 is 16.4 Å². The van der Waals surface area contributed by atoms with Crippen LogP contribution in [0.3, 0.4) is 0 Å². The summed E-state index contributed by atoms with van der Waals surface area (Å²) in [4.78, 5) is 10.0. The molecule has 4 nitrogen and oxygen atoms in total. The van der Waals surface area contributed by atoms with Crippen molar-refractivity contribution in [3.8, 4) is 11.5 Å². The van der Waals surface area contributed by atoms with Crippen LogP contribution in [0.15, 0.2) is 46.9 Å². The van der Waals surface area contributed by atoms with E-state index >= 15 is 0 Å². The van der Waals surface area contributed by atoms with Gasteiger partial charge in [-0.1, -0.05) is 18.2 Å². The average Bonchev–Trinajstić information content (AvgIpc) is 2.35. The summed E-state index contributed by atoms with van der Waals surface area (Å²) in [5.41, 5.74) is -0.687. The molecule has 0 saturated heterocycles. The van der Waals surface area contributed by atoms with E-state index in [4.69, 9.17) is 4.74 Å². The van der Waals surface area contributed by atoms with Gasteiger partial charge in [-0.15, -0.1) is 0 Å². The largest absolute Gasteiger partial charge is 0.449 e. The molecular weight excluding hydrogens is 305 g/mol. The molecule has 2 aromatic rings. The Bertz CT molecular complexity index is 589. The van der Waals surface area contributed by atoms with Gasteiger partial charge in [0.25, 0.3) is 0 Å². The summed E-state index contributed by atoms with van der Waals surface area (Å²) in [6.07, 6.45) is 0. The number of nitrogens with zero attached hydrogens (tertiary/aromatic N) is 1. The molecule has 2 rings (SSSR count). The van der Waals surface area contributed by atoms with Gasteiger partial charge in [0, 0.05) is 0 Å². The van der Waals surface area contributed by atoms with Crippen LogP contribution in [0.2, 0.25) is 0 Å². The number of ether oxygens (including phenoxy) is 1. The Morgan fingerprint density at radius 3 is 2.44 bits per heavy atom. The maximum atomic E-state index is 13.4. The molecule has 0 heterocycles. The molecule has 6 heteroatoms. The highest BCUT2D eigenvalue weighted by Crippen LogP contribution is 2.39. The van der Waals surface area contributed by atoms with E-state index in [0.29, 0.717) is 10.2 Å².